The molecule has 0 fully saturated rings. The van der Waals surface area contributed by atoms with E-state index in [0.717, 1.165) is 5.56 Å². The van der Waals surface area contributed by atoms with Gasteiger partial charge in [0.25, 0.3) is 0 Å². The highest BCUT2D eigenvalue weighted by atomic mass is 35.5. The Balaban J connectivity index is 2.11. The van der Waals surface area contributed by atoms with Crippen LogP contribution in [0.1, 0.15) is 25.0 Å². The molecule has 2 rings (SSSR count). The molecule has 0 aliphatic heterocycles. The van der Waals surface area contributed by atoms with Crippen molar-refractivity contribution in [2.24, 2.45) is 0 Å². The van der Waals surface area contributed by atoms with Crippen LogP contribution in [0.4, 0.5) is 4.39 Å². The average molecular weight is 453 g/mol. The maximum Gasteiger partial charge on any atom is 0.242 e. The van der Waals surface area contributed by atoms with E-state index in [1.807, 2.05) is 31.2 Å². The van der Waals surface area contributed by atoms with Crippen LogP contribution in [0, 0.1) is 5.82 Å². The third-order valence-electron chi connectivity index (χ3n) is 4.54. The number of carbonyl (C=O) groups is 2. The van der Waals surface area contributed by atoms with Crippen LogP contribution in [0.5, 0.6) is 5.75 Å². The molecule has 30 heavy (non-hydrogen) atoms. The third kappa shape index (κ3) is 6.64. The van der Waals surface area contributed by atoms with Crippen LogP contribution in [0.2, 0.25) is 5.02 Å². The summed E-state index contributed by atoms with van der Waals surface area (Å²) in [6, 6.07) is 11.2. The van der Waals surface area contributed by atoms with Gasteiger partial charge in [-0.05, 0) is 43.7 Å². The molecule has 1 N–H and O–H groups in total. The summed E-state index contributed by atoms with van der Waals surface area (Å²) in [5.74, 6) is 0.198. The van der Waals surface area contributed by atoms with E-state index < -0.39 is 11.9 Å². The number of hydrogen-bond donors (Lipinski definition) is 1. The summed E-state index contributed by atoms with van der Waals surface area (Å²) in [7, 11) is 1.57. The number of benzene rings is 2. The number of ether oxygens (including phenoxy) is 1. The molecule has 1 atom stereocenters. The van der Waals surface area contributed by atoms with E-state index in [9.17, 15) is 14.0 Å². The van der Waals surface area contributed by atoms with Crippen molar-refractivity contribution in [3.8, 4) is 5.75 Å². The Bertz CT molecular complexity index is 861. The third-order valence-corrected chi connectivity index (χ3v) is 5.84. The number of halogens is 2. The van der Waals surface area contributed by atoms with Crippen LogP contribution >= 0.6 is 23.4 Å². The molecule has 162 valence electrons. The predicted molar refractivity (Wildman–Crippen MR) is 119 cm³/mol. The van der Waals surface area contributed by atoms with Gasteiger partial charge in [0.2, 0.25) is 11.8 Å². The zero-order valence-corrected chi connectivity index (χ0v) is 18.9. The van der Waals surface area contributed by atoms with Crippen LogP contribution in [0.3, 0.4) is 0 Å². The Kier molecular flexibility index (Phi) is 9.46. The van der Waals surface area contributed by atoms with E-state index in [1.54, 1.807) is 26.2 Å². The molecule has 0 radical (unpaired) electrons. The van der Waals surface area contributed by atoms with Gasteiger partial charge in [-0.1, -0.05) is 29.8 Å². The zero-order chi connectivity index (χ0) is 22.1. The standard InChI is InChI=1S/C22H26ClFN2O3S/c1-4-25-22(28)15(2)26(12-16-7-5-8-17(11-16)29-3)21(27)14-30-13-18-19(23)9-6-10-20(18)24/h5-11,15H,4,12-14H2,1-3H3,(H,25,28)/t15-/m1/s1. The summed E-state index contributed by atoms with van der Waals surface area (Å²) in [6.45, 7) is 4.26. The van der Waals surface area contributed by atoms with E-state index in [4.69, 9.17) is 16.3 Å². The first-order valence-electron chi connectivity index (χ1n) is 9.58. The van der Waals surface area contributed by atoms with Crippen LogP contribution in [0.25, 0.3) is 0 Å². The number of methoxy groups -OCH3 is 1. The van der Waals surface area contributed by atoms with Gasteiger partial charge in [-0.3, -0.25) is 9.59 Å². The normalized spacial score (nSPS) is 11.6. The minimum Gasteiger partial charge on any atom is -0.497 e. The van der Waals surface area contributed by atoms with E-state index in [2.05, 4.69) is 5.32 Å². The molecule has 0 spiro atoms. The summed E-state index contributed by atoms with van der Waals surface area (Å²) < 4.78 is 19.2. The van der Waals surface area contributed by atoms with Crippen molar-refractivity contribution in [2.75, 3.05) is 19.4 Å². The summed E-state index contributed by atoms with van der Waals surface area (Å²) in [5, 5.41) is 3.09. The predicted octanol–water partition coefficient (Wildman–Crippen LogP) is 4.27. The molecule has 0 aliphatic carbocycles. The highest BCUT2D eigenvalue weighted by molar-refractivity contribution is 7.99. The van der Waals surface area contributed by atoms with E-state index in [1.165, 1.54) is 22.7 Å². The van der Waals surface area contributed by atoms with Crippen molar-refractivity contribution in [2.45, 2.75) is 32.2 Å². The first kappa shape index (κ1) is 24.0. The van der Waals surface area contributed by atoms with E-state index in [0.29, 0.717) is 22.9 Å². The Hall–Kier alpha value is -2.25. The Morgan fingerprint density at radius 1 is 1.27 bits per heavy atom. The Labute approximate surface area is 185 Å². The molecule has 0 aliphatic rings. The number of nitrogens with zero attached hydrogens (tertiary/aromatic N) is 1. The lowest BCUT2D eigenvalue weighted by molar-refractivity contribution is -0.138. The van der Waals surface area contributed by atoms with Gasteiger partial charge < -0.3 is 15.0 Å². The fraction of sp³-hybridized carbons (Fsp3) is 0.364. The number of nitrogens with one attached hydrogen (secondary N) is 1. The molecule has 5 nitrogen and oxygen atoms in total. The lowest BCUT2D eigenvalue weighted by atomic mass is 10.1. The van der Waals surface area contributed by atoms with Crippen molar-refractivity contribution < 1.29 is 18.7 Å². The minimum atomic E-state index is -0.652. The molecule has 0 saturated heterocycles. The average Bonchev–Trinajstić information content (AvgIpc) is 2.73. The van der Waals surface area contributed by atoms with Gasteiger partial charge in [-0.15, -0.1) is 11.8 Å². The maximum atomic E-state index is 14.0. The summed E-state index contributed by atoms with van der Waals surface area (Å²) in [5.41, 5.74) is 1.22. The van der Waals surface area contributed by atoms with Crippen LogP contribution in [-0.2, 0) is 21.9 Å². The molecular formula is C22H26ClFN2O3S. The number of hydrogen-bond acceptors (Lipinski definition) is 4. The quantitative estimate of drug-likeness (QED) is 0.584. The summed E-state index contributed by atoms with van der Waals surface area (Å²) in [4.78, 5) is 26.9. The maximum absolute atomic E-state index is 14.0. The molecule has 0 unspecified atom stereocenters. The zero-order valence-electron chi connectivity index (χ0n) is 17.3. The molecule has 2 amide bonds. The molecule has 0 bridgehead atoms. The topological polar surface area (TPSA) is 58.6 Å². The Morgan fingerprint density at radius 3 is 2.67 bits per heavy atom. The largest absolute Gasteiger partial charge is 0.497 e. The molecule has 0 heterocycles. The van der Waals surface area contributed by atoms with Crippen molar-refractivity contribution in [3.63, 3.8) is 0 Å². The number of carbonyl (C=O) groups excluding carboxylic acids is 2. The fourth-order valence-corrected chi connectivity index (χ4v) is 4.11. The summed E-state index contributed by atoms with van der Waals surface area (Å²) in [6.07, 6.45) is 0. The number of thioether (sulfide) groups is 1. The Morgan fingerprint density at radius 2 is 2.00 bits per heavy atom. The SMILES string of the molecule is CCNC(=O)[C@@H](C)N(Cc1cccc(OC)c1)C(=O)CSCc1c(F)cccc1Cl. The second-order valence-electron chi connectivity index (χ2n) is 6.64. The first-order chi connectivity index (χ1) is 14.4. The van der Waals surface area contributed by atoms with E-state index in [-0.39, 0.29) is 29.9 Å². The van der Waals surface area contributed by atoms with Gasteiger partial charge in [-0.2, -0.15) is 0 Å². The monoisotopic (exact) mass is 452 g/mol. The molecule has 2 aromatic carbocycles. The van der Waals surface area contributed by atoms with Crippen molar-refractivity contribution >= 4 is 35.2 Å². The van der Waals surface area contributed by atoms with Gasteiger partial charge in [-0.25, -0.2) is 4.39 Å². The molecule has 0 aromatic heterocycles. The van der Waals surface area contributed by atoms with Crippen molar-refractivity contribution in [3.05, 3.63) is 64.4 Å². The highest BCUT2D eigenvalue weighted by Gasteiger charge is 2.26. The minimum absolute atomic E-state index is 0.0956. The first-order valence-corrected chi connectivity index (χ1v) is 11.1. The molecule has 2 aromatic rings. The summed E-state index contributed by atoms with van der Waals surface area (Å²) >= 11 is 7.32. The smallest absolute Gasteiger partial charge is 0.242 e. The lowest BCUT2D eigenvalue weighted by Gasteiger charge is -2.28. The number of amides is 2. The van der Waals surface area contributed by atoms with Crippen molar-refractivity contribution in [1.82, 2.24) is 10.2 Å². The highest BCUT2D eigenvalue weighted by Crippen LogP contribution is 2.24. The lowest BCUT2D eigenvalue weighted by Crippen LogP contribution is -2.48. The van der Waals surface area contributed by atoms with E-state index >= 15 is 0 Å². The van der Waals surface area contributed by atoms with Crippen LogP contribution < -0.4 is 10.1 Å². The van der Waals surface area contributed by atoms with Crippen LogP contribution in [0.15, 0.2) is 42.5 Å². The van der Waals surface area contributed by atoms with Gasteiger partial charge in [0, 0.05) is 29.4 Å². The number of rotatable bonds is 10. The van der Waals surface area contributed by atoms with Gasteiger partial charge in [0.15, 0.2) is 0 Å². The van der Waals surface area contributed by atoms with Gasteiger partial charge >= 0.3 is 0 Å². The molecular weight excluding hydrogens is 427 g/mol. The van der Waals surface area contributed by atoms with Crippen molar-refractivity contribution in [1.29, 1.82) is 0 Å². The van der Waals surface area contributed by atoms with Gasteiger partial charge in [0.1, 0.15) is 17.6 Å². The van der Waals surface area contributed by atoms with Gasteiger partial charge in [0.05, 0.1) is 12.9 Å². The number of likely N-dealkylation sites (N-methyl/N-ethyl adjacent to an activating group) is 1. The van der Waals surface area contributed by atoms with Crippen LogP contribution in [-0.4, -0.2) is 42.2 Å². The fourth-order valence-electron chi connectivity index (χ4n) is 2.87. The molecule has 0 saturated carbocycles. The second-order valence-corrected chi connectivity index (χ2v) is 8.03. The molecule has 8 heteroatoms. The second kappa shape index (κ2) is 11.8.